The molecule has 0 spiro atoms. The topological polar surface area (TPSA) is 123 Å². The monoisotopic (exact) mass is 541 g/mol. The highest BCUT2D eigenvalue weighted by Crippen LogP contribution is 2.32. The highest BCUT2D eigenvalue weighted by Gasteiger charge is 2.29. The van der Waals surface area contributed by atoms with Gasteiger partial charge in [-0.3, -0.25) is 13.9 Å². The third kappa shape index (κ3) is 6.81. The van der Waals surface area contributed by atoms with E-state index >= 15 is 0 Å². The lowest BCUT2D eigenvalue weighted by atomic mass is 10.1. The molecular weight excluding hydrogens is 510 g/mol. The van der Waals surface area contributed by atoms with Crippen molar-refractivity contribution in [3.8, 4) is 11.5 Å². The number of methoxy groups -OCH3 is 3. The molecule has 3 aromatic rings. The molecular formula is C27H31N3O7S. The number of anilines is 2. The summed E-state index contributed by atoms with van der Waals surface area (Å²) in [5.41, 5.74) is 1.71. The number of benzene rings is 3. The lowest BCUT2D eigenvalue weighted by molar-refractivity contribution is -0.114. The van der Waals surface area contributed by atoms with E-state index < -0.39 is 28.4 Å². The molecule has 0 aliphatic carbocycles. The average molecular weight is 542 g/mol. The number of carbonyl (C=O) groups is 2. The van der Waals surface area contributed by atoms with Crippen LogP contribution in [0, 0.1) is 6.92 Å². The molecule has 0 bridgehead atoms. The van der Waals surface area contributed by atoms with Crippen molar-refractivity contribution in [3.63, 3.8) is 0 Å². The molecule has 2 amide bonds. The van der Waals surface area contributed by atoms with Gasteiger partial charge in [0.1, 0.15) is 6.54 Å². The van der Waals surface area contributed by atoms with Crippen molar-refractivity contribution in [1.82, 2.24) is 5.32 Å². The molecule has 0 aromatic heterocycles. The SMILES string of the molecule is COCCNC(=O)c1ccccc1NC(=O)CN(c1ccc(C)cc1)S(=O)(=O)c1ccc(OC)c(OC)c1. The van der Waals surface area contributed by atoms with Crippen LogP contribution < -0.4 is 24.4 Å². The summed E-state index contributed by atoms with van der Waals surface area (Å²) in [5.74, 6) is -0.431. The normalized spacial score (nSPS) is 10.9. The Morgan fingerprint density at radius 1 is 0.895 bits per heavy atom. The van der Waals surface area contributed by atoms with Crippen LogP contribution in [-0.4, -0.2) is 61.3 Å². The quantitative estimate of drug-likeness (QED) is 0.338. The Hall–Kier alpha value is -4.09. The van der Waals surface area contributed by atoms with Crippen LogP contribution >= 0.6 is 0 Å². The second kappa shape index (κ2) is 12.9. The van der Waals surface area contributed by atoms with Crippen molar-refractivity contribution in [1.29, 1.82) is 0 Å². The third-order valence-electron chi connectivity index (χ3n) is 5.59. The standard InChI is InChI=1S/C27H31N3O7S/c1-19-9-11-20(12-10-19)30(38(33,34)21-13-14-24(36-3)25(17-21)37-4)18-26(31)29-23-8-6-5-7-22(23)27(32)28-15-16-35-2/h5-14,17H,15-16,18H2,1-4H3,(H,28,32)(H,29,31). The fraction of sp³-hybridized carbons (Fsp3) is 0.259. The summed E-state index contributed by atoms with van der Waals surface area (Å²) in [7, 11) is 0.169. The number of amides is 2. The van der Waals surface area contributed by atoms with E-state index in [0.717, 1.165) is 9.87 Å². The highest BCUT2D eigenvalue weighted by molar-refractivity contribution is 7.92. The van der Waals surface area contributed by atoms with E-state index in [9.17, 15) is 18.0 Å². The van der Waals surface area contributed by atoms with Crippen LogP contribution in [0.5, 0.6) is 11.5 Å². The molecule has 11 heteroatoms. The van der Waals surface area contributed by atoms with Gasteiger partial charge in [-0.15, -0.1) is 0 Å². The largest absolute Gasteiger partial charge is 0.493 e. The lowest BCUT2D eigenvalue weighted by Gasteiger charge is -2.25. The van der Waals surface area contributed by atoms with E-state index in [1.165, 1.54) is 39.5 Å². The van der Waals surface area contributed by atoms with Crippen LogP contribution in [0.25, 0.3) is 0 Å². The van der Waals surface area contributed by atoms with Gasteiger partial charge in [0.25, 0.3) is 15.9 Å². The predicted octanol–water partition coefficient (Wildman–Crippen LogP) is 3.22. The maximum atomic E-state index is 13.8. The van der Waals surface area contributed by atoms with Gasteiger partial charge < -0.3 is 24.8 Å². The maximum absolute atomic E-state index is 13.8. The molecule has 0 aliphatic rings. The summed E-state index contributed by atoms with van der Waals surface area (Å²) in [6.07, 6.45) is 0. The fourth-order valence-electron chi connectivity index (χ4n) is 3.60. The van der Waals surface area contributed by atoms with Gasteiger partial charge in [0.15, 0.2) is 11.5 Å². The van der Waals surface area contributed by atoms with Crippen molar-refractivity contribution >= 4 is 33.2 Å². The molecule has 0 heterocycles. The molecule has 0 atom stereocenters. The zero-order chi connectivity index (χ0) is 27.7. The summed E-state index contributed by atoms with van der Waals surface area (Å²) in [6, 6.07) is 17.4. The number of carbonyl (C=O) groups excluding carboxylic acids is 2. The van der Waals surface area contributed by atoms with Crippen LogP contribution in [0.4, 0.5) is 11.4 Å². The zero-order valence-electron chi connectivity index (χ0n) is 21.7. The first-order valence-corrected chi connectivity index (χ1v) is 13.1. The van der Waals surface area contributed by atoms with Crippen molar-refractivity contribution in [2.24, 2.45) is 0 Å². The smallest absolute Gasteiger partial charge is 0.264 e. The molecule has 0 unspecified atom stereocenters. The molecule has 0 saturated carbocycles. The van der Waals surface area contributed by atoms with E-state index in [0.29, 0.717) is 24.6 Å². The molecule has 202 valence electrons. The van der Waals surface area contributed by atoms with E-state index in [4.69, 9.17) is 14.2 Å². The molecule has 0 aliphatic heterocycles. The summed E-state index contributed by atoms with van der Waals surface area (Å²) >= 11 is 0. The van der Waals surface area contributed by atoms with E-state index in [-0.39, 0.29) is 21.9 Å². The van der Waals surface area contributed by atoms with Crippen LogP contribution in [0.15, 0.2) is 71.6 Å². The fourth-order valence-corrected chi connectivity index (χ4v) is 5.04. The highest BCUT2D eigenvalue weighted by atomic mass is 32.2. The number of hydrogen-bond acceptors (Lipinski definition) is 7. The van der Waals surface area contributed by atoms with Crippen LogP contribution in [0.1, 0.15) is 15.9 Å². The summed E-state index contributed by atoms with van der Waals surface area (Å²) < 4.78 is 44.0. The Morgan fingerprint density at radius 3 is 2.24 bits per heavy atom. The van der Waals surface area contributed by atoms with Crippen LogP contribution in [0.2, 0.25) is 0 Å². The predicted molar refractivity (Wildman–Crippen MR) is 145 cm³/mol. The molecule has 10 nitrogen and oxygen atoms in total. The number of nitrogens with zero attached hydrogens (tertiary/aromatic N) is 1. The Kier molecular flexibility index (Phi) is 9.69. The van der Waals surface area contributed by atoms with Gasteiger partial charge in [0.05, 0.1) is 42.7 Å². The van der Waals surface area contributed by atoms with Gasteiger partial charge in [-0.1, -0.05) is 29.8 Å². The number of rotatable bonds is 12. The first kappa shape index (κ1) is 28.5. The minimum Gasteiger partial charge on any atom is -0.493 e. The van der Waals surface area contributed by atoms with E-state index in [1.54, 1.807) is 48.5 Å². The second-order valence-corrected chi connectivity index (χ2v) is 10.1. The maximum Gasteiger partial charge on any atom is 0.264 e. The molecule has 0 fully saturated rings. The molecule has 3 aromatic carbocycles. The Labute approximate surface area is 222 Å². The first-order chi connectivity index (χ1) is 18.2. The third-order valence-corrected chi connectivity index (χ3v) is 7.36. The molecule has 0 saturated heterocycles. The van der Waals surface area contributed by atoms with E-state index in [1.807, 2.05) is 6.92 Å². The van der Waals surface area contributed by atoms with Gasteiger partial charge in [0.2, 0.25) is 5.91 Å². The molecule has 2 N–H and O–H groups in total. The second-order valence-electron chi connectivity index (χ2n) is 8.21. The minimum absolute atomic E-state index is 0.0820. The zero-order valence-corrected chi connectivity index (χ0v) is 22.5. The molecule has 38 heavy (non-hydrogen) atoms. The van der Waals surface area contributed by atoms with Gasteiger partial charge in [0, 0.05) is 19.7 Å². The van der Waals surface area contributed by atoms with Gasteiger partial charge in [-0.05, 0) is 43.3 Å². The van der Waals surface area contributed by atoms with Crippen molar-refractivity contribution < 1.29 is 32.2 Å². The molecule has 3 rings (SSSR count). The van der Waals surface area contributed by atoms with Crippen molar-refractivity contribution in [2.45, 2.75) is 11.8 Å². The number of ether oxygens (including phenoxy) is 3. The minimum atomic E-state index is -4.21. The summed E-state index contributed by atoms with van der Waals surface area (Å²) in [4.78, 5) is 25.7. The number of hydrogen-bond donors (Lipinski definition) is 2. The van der Waals surface area contributed by atoms with Gasteiger partial charge in [-0.2, -0.15) is 0 Å². The Bertz CT molecular complexity index is 1380. The number of aryl methyl sites for hydroxylation is 1. The van der Waals surface area contributed by atoms with E-state index in [2.05, 4.69) is 10.6 Å². The molecule has 0 radical (unpaired) electrons. The Morgan fingerprint density at radius 2 is 1.58 bits per heavy atom. The summed E-state index contributed by atoms with van der Waals surface area (Å²) in [6.45, 7) is 1.96. The summed E-state index contributed by atoms with van der Waals surface area (Å²) in [5, 5.41) is 5.38. The first-order valence-electron chi connectivity index (χ1n) is 11.7. The van der Waals surface area contributed by atoms with Crippen LogP contribution in [0.3, 0.4) is 0 Å². The Balaban J connectivity index is 1.93. The van der Waals surface area contributed by atoms with Crippen molar-refractivity contribution in [2.75, 3.05) is 50.6 Å². The van der Waals surface area contributed by atoms with Gasteiger partial charge in [-0.25, -0.2) is 8.42 Å². The van der Waals surface area contributed by atoms with Crippen LogP contribution in [-0.2, 0) is 19.6 Å². The van der Waals surface area contributed by atoms with Gasteiger partial charge >= 0.3 is 0 Å². The van der Waals surface area contributed by atoms with Crippen molar-refractivity contribution in [3.05, 3.63) is 77.9 Å². The number of sulfonamides is 1. The average Bonchev–Trinajstić information content (AvgIpc) is 2.92. The number of para-hydroxylation sites is 1. The number of nitrogens with one attached hydrogen (secondary N) is 2. The lowest BCUT2D eigenvalue weighted by Crippen LogP contribution is -2.38.